The highest BCUT2D eigenvalue weighted by molar-refractivity contribution is 7.91. The molecule has 0 aromatic heterocycles. The number of nitrogens with two attached hydrogens (primary N) is 1. The SMILES string of the molecule is Cc1ccc(N)cc1C1CCN(Cc2ccc(S(=O)(=O)c3ccc(Cl)cc3)cc2)CC1. The number of nitrogen functional groups attached to an aromatic ring is 1. The van der Waals surface area contributed by atoms with Crippen molar-refractivity contribution in [2.75, 3.05) is 18.8 Å². The minimum Gasteiger partial charge on any atom is -0.399 e. The van der Waals surface area contributed by atoms with Crippen LogP contribution < -0.4 is 5.73 Å². The highest BCUT2D eigenvalue weighted by Gasteiger charge is 2.22. The van der Waals surface area contributed by atoms with Gasteiger partial charge in [-0.2, -0.15) is 0 Å². The number of aryl methyl sites for hydroxylation is 1. The van der Waals surface area contributed by atoms with E-state index in [1.807, 2.05) is 18.2 Å². The lowest BCUT2D eigenvalue weighted by atomic mass is 9.86. The highest BCUT2D eigenvalue weighted by Crippen LogP contribution is 2.32. The normalized spacial score (nSPS) is 15.8. The summed E-state index contributed by atoms with van der Waals surface area (Å²) in [4.78, 5) is 2.99. The summed E-state index contributed by atoms with van der Waals surface area (Å²) in [5.41, 5.74) is 10.6. The standard InChI is InChI=1S/C25H27ClN2O2S/c1-18-2-7-22(27)16-25(18)20-12-14-28(15-13-20)17-19-3-8-23(9-4-19)31(29,30)24-10-5-21(26)6-11-24/h2-11,16,20H,12-15,17,27H2,1H3. The lowest BCUT2D eigenvalue weighted by Gasteiger charge is -2.33. The van der Waals surface area contributed by atoms with Gasteiger partial charge in [0.25, 0.3) is 0 Å². The first-order valence-electron chi connectivity index (χ1n) is 10.5. The molecule has 1 heterocycles. The van der Waals surface area contributed by atoms with Gasteiger partial charge in [-0.3, -0.25) is 4.90 Å². The van der Waals surface area contributed by atoms with Crippen LogP contribution in [-0.4, -0.2) is 26.4 Å². The molecule has 0 aliphatic carbocycles. The van der Waals surface area contributed by atoms with E-state index in [4.69, 9.17) is 17.3 Å². The molecule has 3 aromatic carbocycles. The van der Waals surface area contributed by atoms with Crippen LogP contribution in [0.3, 0.4) is 0 Å². The highest BCUT2D eigenvalue weighted by atomic mass is 35.5. The molecule has 0 unspecified atom stereocenters. The van der Waals surface area contributed by atoms with Gasteiger partial charge in [-0.1, -0.05) is 29.8 Å². The van der Waals surface area contributed by atoms with E-state index in [9.17, 15) is 8.42 Å². The number of anilines is 1. The fourth-order valence-corrected chi connectivity index (χ4v) is 5.67. The number of benzene rings is 3. The van der Waals surface area contributed by atoms with Crippen molar-refractivity contribution >= 4 is 27.1 Å². The predicted molar refractivity (Wildman–Crippen MR) is 126 cm³/mol. The number of hydrogen-bond donors (Lipinski definition) is 1. The zero-order valence-corrected chi connectivity index (χ0v) is 19.2. The fraction of sp³-hybridized carbons (Fsp3) is 0.280. The summed E-state index contributed by atoms with van der Waals surface area (Å²) in [6.07, 6.45) is 2.21. The van der Waals surface area contributed by atoms with Crippen molar-refractivity contribution < 1.29 is 8.42 Å². The number of sulfone groups is 1. The number of piperidine rings is 1. The van der Waals surface area contributed by atoms with Crippen molar-refractivity contribution in [2.45, 2.75) is 42.0 Å². The second kappa shape index (κ2) is 9.03. The molecule has 0 amide bonds. The van der Waals surface area contributed by atoms with E-state index in [1.54, 1.807) is 24.3 Å². The summed E-state index contributed by atoms with van der Waals surface area (Å²) in [5, 5.41) is 0.518. The van der Waals surface area contributed by atoms with Gasteiger partial charge in [-0.25, -0.2) is 8.42 Å². The molecule has 1 fully saturated rings. The van der Waals surface area contributed by atoms with E-state index in [-0.39, 0.29) is 4.90 Å². The second-order valence-electron chi connectivity index (χ2n) is 8.27. The molecule has 1 aliphatic rings. The average Bonchev–Trinajstić information content (AvgIpc) is 2.77. The van der Waals surface area contributed by atoms with E-state index < -0.39 is 9.84 Å². The molecule has 1 aliphatic heterocycles. The van der Waals surface area contributed by atoms with Crippen LogP contribution in [0.1, 0.15) is 35.4 Å². The van der Waals surface area contributed by atoms with Gasteiger partial charge in [0.1, 0.15) is 0 Å². The van der Waals surface area contributed by atoms with E-state index in [1.165, 1.54) is 23.3 Å². The molecule has 3 aromatic rings. The Bertz CT molecular complexity index is 1150. The minimum atomic E-state index is -3.53. The van der Waals surface area contributed by atoms with E-state index >= 15 is 0 Å². The van der Waals surface area contributed by atoms with Gasteiger partial charge in [0.2, 0.25) is 9.84 Å². The number of rotatable bonds is 5. The van der Waals surface area contributed by atoms with Gasteiger partial charge in [0.15, 0.2) is 0 Å². The quantitative estimate of drug-likeness (QED) is 0.521. The van der Waals surface area contributed by atoms with Crippen LogP contribution in [0.4, 0.5) is 5.69 Å². The second-order valence-corrected chi connectivity index (χ2v) is 10.7. The molecule has 1 saturated heterocycles. The van der Waals surface area contributed by atoms with Gasteiger partial charge < -0.3 is 5.73 Å². The van der Waals surface area contributed by atoms with E-state index in [0.29, 0.717) is 15.8 Å². The summed E-state index contributed by atoms with van der Waals surface area (Å²) < 4.78 is 25.6. The summed E-state index contributed by atoms with van der Waals surface area (Å²) >= 11 is 5.87. The Kier molecular flexibility index (Phi) is 6.37. The Morgan fingerprint density at radius 3 is 2.13 bits per heavy atom. The molecule has 4 rings (SSSR count). The van der Waals surface area contributed by atoms with Gasteiger partial charge in [0, 0.05) is 17.3 Å². The van der Waals surface area contributed by atoms with Crippen molar-refractivity contribution in [1.29, 1.82) is 0 Å². The van der Waals surface area contributed by atoms with Crippen LogP contribution in [0.15, 0.2) is 76.5 Å². The van der Waals surface area contributed by atoms with Gasteiger partial charge in [0.05, 0.1) is 9.79 Å². The maximum atomic E-state index is 12.8. The first-order chi connectivity index (χ1) is 14.8. The van der Waals surface area contributed by atoms with Crippen LogP contribution in [0, 0.1) is 6.92 Å². The number of hydrogen-bond acceptors (Lipinski definition) is 4. The molecule has 162 valence electrons. The molecule has 4 nitrogen and oxygen atoms in total. The monoisotopic (exact) mass is 454 g/mol. The Morgan fingerprint density at radius 2 is 1.52 bits per heavy atom. The van der Waals surface area contributed by atoms with E-state index in [2.05, 4.69) is 24.0 Å². The molecule has 2 N–H and O–H groups in total. The van der Waals surface area contributed by atoms with Crippen LogP contribution >= 0.6 is 11.6 Å². The number of likely N-dealkylation sites (tertiary alicyclic amines) is 1. The number of nitrogens with zero attached hydrogens (tertiary/aromatic N) is 1. The molecular weight excluding hydrogens is 428 g/mol. The van der Waals surface area contributed by atoms with Crippen LogP contribution in [0.2, 0.25) is 5.02 Å². The number of halogens is 1. The summed E-state index contributed by atoms with van der Waals surface area (Å²) in [7, 11) is -3.53. The lowest BCUT2D eigenvalue weighted by Crippen LogP contribution is -2.32. The molecular formula is C25H27ClN2O2S. The maximum absolute atomic E-state index is 12.8. The average molecular weight is 455 g/mol. The van der Waals surface area contributed by atoms with Gasteiger partial charge in [-0.15, -0.1) is 0 Å². The summed E-state index contributed by atoms with van der Waals surface area (Å²) in [5.74, 6) is 0.548. The zero-order chi connectivity index (χ0) is 22.0. The Morgan fingerprint density at radius 1 is 0.935 bits per heavy atom. The van der Waals surface area contributed by atoms with Crippen LogP contribution in [0.5, 0.6) is 0 Å². The summed E-state index contributed by atoms with van der Waals surface area (Å²) in [6, 6.07) is 19.7. The maximum Gasteiger partial charge on any atom is 0.206 e. The molecule has 31 heavy (non-hydrogen) atoms. The molecule has 0 atom stereocenters. The molecule has 0 bridgehead atoms. The first-order valence-corrected chi connectivity index (χ1v) is 12.4. The Labute approximate surface area is 189 Å². The smallest absolute Gasteiger partial charge is 0.206 e. The topological polar surface area (TPSA) is 63.4 Å². The van der Waals surface area contributed by atoms with Gasteiger partial charge in [-0.05, 0) is 104 Å². The third-order valence-corrected chi connectivity index (χ3v) is 8.13. The Balaban J connectivity index is 1.39. The van der Waals surface area contributed by atoms with Crippen molar-refractivity contribution in [2.24, 2.45) is 0 Å². The van der Waals surface area contributed by atoms with Crippen LogP contribution in [0.25, 0.3) is 0 Å². The fourth-order valence-electron chi connectivity index (χ4n) is 4.28. The third-order valence-electron chi connectivity index (χ3n) is 6.09. The van der Waals surface area contributed by atoms with Crippen molar-refractivity contribution in [3.63, 3.8) is 0 Å². The first kappa shape index (κ1) is 21.9. The lowest BCUT2D eigenvalue weighted by molar-refractivity contribution is 0.204. The van der Waals surface area contributed by atoms with Crippen molar-refractivity contribution in [3.8, 4) is 0 Å². The van der Waals surface area contributed by atoms with Crippen LogP contribution in [-0.2, 0) is 16.4 Å². The van der Waals surface area contributed by atoms with Gasteiger partial charge >= 0.3 is 0 Å². The predicted octanol–water partition coefficient (Wildman–Crippen LogP) is 5.44. The molecule has 6 heteroatoms. The third kappa shape index (κ3) is 4.95. The Hall–Kier alpha value is -2.34. The molecule has 0 spiro atoms. The summed E-state index contributed by atoms with van der Waals surface area (Å²) in [6.45, 7) is 5.01. The van der Waals surface area contributed by atoms with E-state index in [0.717, 1.165) is 43.7 Å². The molecule has 0 saturated carbocycles. The van der Waals surface area contributed by atoms with Crippen molar-refractivity contribution in [3.05, 3.63) is 88.4 Å². The largest absolute Gasteiger partial charge is 0.399 e. The molecule has 0 radical (unpaired) electrons. The minimum absolute atomic E-state index is 0.253. The van der Waals surface area contributed by atoms with Crippen molar-refractivity contribution in [1.82, 2.24) is 4.90 Å². The zero-order valence-electron chi connectivity index (χ0n) is 17.6.